The van der Waals surface area contributed by atoms with Crippen molar-refractivity contribution < 1.29 is 0 Å². The molecule has 0 amide bonds. The Bertz CT molecular complexity index is 6570. The Morgan fingerprint density at radius 1 is 0.305 bits per heavy atom. The van der Waals surface area contributed by atoms with Crippen LogP contribution in [0.15, 0.2) is 279 Å². The molecule has 0 fully saturated rings. The third-order valence-corrected chi connectivity index (χ3v) is 22.7. The summed E-state index contributed by atoms with van der Waals surface area (Å²) in [6.45, 7) is 9.77. The van der Waals surface area contributed by atoms with Crippen molar-refractivity contribution in [3.8, 4) is 67.5 Å². The zero-order valence-electron chi connectivity index (χ0n) is 52.6. The monoisotopic (exact) mass is 1230 g/mol. The van der Waals surface area contributed by atoms with Gasteiger partial charge in [0, 0.05) is 108 Å². The van der Waals surface area contributed by atoms with Crippen molar-refractivity contribution in [2.75, 3.05) is 0 Å². The Kier molecular flexibility index (Phi) is 10.6. The molecule has 7 heterocycles. The van der Waals surface area contributed by atoms with Gasteiger partial charge in [0.2, 0.25) is 0 Å². The highest BCUT2D eigenvalue weighted by Gasteiger charge is 2.44. The van der Waals surface area contributed by atoms with Crippen LogP contribution in [0, 0.1) is 0 Å². The van der Waals surface area contributed by atoms with E-state index in [1.54, 1.807) is 0 Å². The Morgan fingerprint density at radius 3 is 1.42 bits per heavy atom. The lowest BCUT2D eigenvalue weighted by Gasteiger charge is -2.23. The van der Waals surface area contributed by atoms with Crippen LogP contribution in [-0.4, -0.2) is 28.2 Å². The third-order valence-electron chi connectivity index (χ3n) is 21.5. The number of hydrogen-bond acceptors (Lipinski definition) is 3. The minimum absolute atomic E-state index is 0.327. The first-order valence-electron chi connectivity index (χ1n) is 33.0. The standard InChI is InChI=1S/C88H58N6S/c1-87(2)66-34-15-9-29-59(66)76-81(87)77-60-30-10-16-36-69(60)93(55-42-45-74-64(49-55)57-27-13-19-39-73(57)95-74)85(77)80-62-32-12-18-38-71(62)92(84(76)80)54-26-22-23-51(47-54)52-40-43-63-72(48-52)94(56-41-44-68(90-50-56)67-35-20-21-46-89-67)86-78(63)82-75(58-28-8-14-33-65(58)88(82,3)4)83-79(86)61-31-11-17-37-70(61)91(83)53-24-6-5-7-25-53/h5-50H,1-4H3. The number of aromatic nitrogens is 6. The van der Waals surface area contributed by atoms with Crippen LogP contribution in [0.2, 0.25) is 0 Å². The van der Waals surface area contributed by atoms with Crippen LogP contribution in [-0.2, 0) is 10.8 Å². The normalized spacial score (nSPS) is 13.9. The Hall–Kier alpha value is -11.6. The van der Waals surface area contributed by atoms with Gasteiger partial charge in [-0.05, 0) is 142 Å². The predicted octanol–water partition coefficient (Wildman–Crippen LogP) is 23.2. The molecule has 0 N–H and O–H groups in total. The summed E-state index contributed by atoms with van der Waals surface area (Å²) in [5.74, 6) is 0. The van der Waals surface area contributed by atoms with Crippen LogP contribution in [0.1, 0.15) is 49.9 Å². The molecule has 0 radical (unpaired) electrons. The SMILES string of the molecule is CC1(C)c2ccccc2-c2c1c1c3ccccc3n(-c3ccc4sc5ccccc5c4c3)c1c1c3ccccc3n(-c3cccc(-c4ccc5c6c7c(c8c(c9ccccc9n8-c8ccccc8)c6n(-c6ccc(-c8ccccn8)nc6)c5c4)-c4ccccc4C7(C)C)c3)c21. The molecule has 446 valence electrons. The zero-order chi connectivity index (χ0) is 62.7. The highest BCUT2D eigenvalue weighted by molar-refractivity contribution is 7.25. The highest BCUT2D eigenvalue weighted by atomic mass is 32.1. The highest BCUT2D eigenvalue weighted by Crippen LogP contribution is 2.61. The van der Waals surface area contributed by atoms with E-state index < -0.39 is 0 Å². The molecular formula is C88H58N6S. The number of nitrogens with zero attached hydrogens (tertiary/aromatic N) is 6. The van der Waals surface area contributed by atoms with Gasteiger partial charge in [0.15, 0.2) is 0 Å². The van der Waals surface area contributed by atoms with E-state index in [-0.39, 0.29) is 10.8 Å². The molecule has 19 aromatic rings. The molecule has 0 saturated heterocycles. The first-order valence-corrected chi connectivity index (χ1v) is 33.8. The number of thiophene rings is 1. The Labute approximate surface area is 551 Å². The second-order valence-corrected chi connectivity index (χ2v) is 28.2. The quantitative estimate of drug-likeness (QED) is 0.167. The molecule has 0 aliphatic heterocycles. The first-order chi connectivity index (χ1) is 46.7. The molecule has 0 bridgehead atoms. The van der Waals surface area contributed by atoms with E-state index in [1.165, 1.54) is 146 Å². The number of pyridine rings is 2. The van der Waals surface area contributed by atoms with Crippen LogP contribution < -0.4 is 0 Å². The summed E-state index contributed by atoms with van der Waals surface area (Å²) in [6.07, 6.45) is 3.90. The van der Waals surface area contributed by atoms with Crippen LogP contribution in [0.5, 0.6) is 0 Å². The average Bonchev–Trinajstić information content (AvgIpc) is 1.51. The maximum absolute atomic E-state index is 5.25. The lowest BCUT2D eigenvalue weighted by atomic mass is 9.80. The molecule has 21 rings (SSSR count). The van der Waals surface area contributed by atoms with E-state index in [1.807, 2.05) is 35.7 Å². The van der Waals surface area contributed by atoms with Crippen molar-refractivity contribution >= 4 is 119 Å². The van der Waals surface area contributed by atoms with Gasteiger partial charge in [-0.25, -0.2) is 0 Å². The summed E-state index contributed by atoms with van der Waals surface area (Å²) in [5.41, 5.74) is 27.7. The van der Waals surface area contributed by atoms with Gasteiger partial charge >= 0.3 is 0 Å². The number of benzene rings is 12. The molecule has 95 heavy (non-hydrogen) atoms. The van der Waals surface area contributed by atoms with Crippen molar-refractivity contribution in [3.63, 3.8) is 0 Å². The summed E-state index contributed by atoms with van der Waals surface area (Å²) in [6, 6.07) is 99.7. The van der Waals surface area contributed by atoms with Gasteiger partial charge in [-0.15, -0.1) is 11.3 Å². The second kappa shape index (κ2) is 19.0. The van der Waals surface area contributed by atoms with Gasteiger partial charge in [0.05, 0.1) is 67.4 Å². The fraction of sp³-hybridized carbons (Fsp3) is 0.0682. The fourth-order valence-electron chi connectivity index (χ4n) is 17.7. The predicted molar refractivity (Wildman–Crippen MR) is 398 cm³/mol. The topological polar surface area (TPSA) is 45.5 Å². The van der Waals surface area contributed by atoms with Crippen molar-refractivity contribution in [3.05, 3.63) is 302 Å². The van der Waals surface area contributed by atoms with E-state index >= 15 is 0 Å². The number of fused-ring (bicyclic) bond motifs is 27. The lowest BCUT2D eigenvalue weighted by Crippen LogP contribution is -2.15. The Morgan fingerprint density at radius 2 is 0.789 bits per heavy atom. The molecule has 0 spiro atoms. The van der Waals surface area contributed by atoms with Crippen molar-refractivity contribution in [2.45, 2.75) is 38.5 Å². The third kappa shape index (κ3) is 6.96. The molecule has 2 aliphatic carbocycles. The van der Waals surface area contributed by atoms with Crippen LogP contribution in [0.4, 0.5) is 0 Å². The maximum Gasteiger partial charge on any atom is 0.0887 e. The summed E-state index contributed by atoms with van der Waals surface area (Å²) < 4.78 is 12.9. The van der Waals surface area contributed by atoms with Crippen LogP contribution in [0.3, 0.4) is 0 Å². The lowest BCUT2D eigenvalue weighted by molar-refractivity contribution is 0.666. The molecule has 0 unspecified atom stereocenters. The smallest absolute Gasteiger partial charge is 0.0887 e. The molecule has 0 saturated carbocycles. The van der Waals surface area contributed by atoms with E-state index in [2.05, 4.69) is 301 Å². The van der Waals surface area contributed by atoms with Gasteiger partial charge in [-0.2, -0.15) is 0 Å². The van der Waals surface area contributed by atoms with Crippen molar-refractivity contribution in [2.24, 2.45) is 0 Å². The summed E-state index contributed by atoms with van der Waals surface area (Å²) >= 11 is 1.87. The molecule has 12 aromatic carbocycles. The molecule has 0 atom stereocenters. The average molecular weight is 1230 g/mol. The second-order valence-electron chi connectivity index (χ2n) is 27.1. The van der Waals surface area contributed by atoms with Gasteiger partial charge < -0.3 is 18.3 Å². The summed E-state index contributed by atoms with van der Waals surface area (Å²) in [4.78, 5) is 9.99. The molecular weight excluding hydrogens is 1170 g/mol. The van der Waals surface area contributed by atoms with Crippen LogP contribution in [0.25, 0.3) is 175 Å². The van der Waals surface area contributed by atoms with Gasteiger partial charge in [0.1, 0.15) is 0 Å². The van der Waals surface area contributed by atoms with Crippen molar-refractivity contribution in [1.29, 1.82) is 0 Å². The van der Waals surface area contributed by atoms with E-state index in [0.717, 1.165) is 50.8 Å². The van der Waals surface area contributed by atoms with Gasteiger partial charge in [0.25, 0.3) is 0 Å². The number of hydrogen-bond donors (Lipinski definition) is 0. The minimum atomic E-state index is -0.353. The molecule has 2 aliphatic rings. The Balaban J connectivity index is 0.864. The molecule has 6 nitrogen and oxygen atoms in total. The van der Waals surface area contributed by atoms with Crippen molar-refractivity contribution in [1.82, 2.24) is 28.2 Å². The number of rotatable bonds is 6. The van der Waals surface area contributed by atoms with Gasteiger partial charge in [-0.1, -0.05) is 198 Å². The van der Waals surface area contributed by atoms with Gasteiger partial charge in [-0.3, -0.25) is 9.97 Å². The van der Waals surface area contributed by atoms with E-state index in [9.17, 15) is 0 Å². The summed E-state index contributed by atoms with van der Waals surface area (Å²) in [5, 5.41) is 12.5. The largest absolute Gasteiger partial charge is 0.309 e. The van der Waals surface area contributed by atoms with Crippen LogP contribution >= 0.6 is 11.3 Å². The molecule has 7 heteroatoms. The summed E-state index contributed by atoms with van der Waals surface area (Å²) in [7, 11) is 0. The fourth-order valence-corrected chi connectivity index (χ4v) is 18.7. The molecule has 7 aromatic heterocycles. The number of para-hydroxylation sites is 4. The minimum Gasteiger partial charge on any atom is -0.309 e. The maximum atomic E-state index is 5.25. The van der Waals surface area contributed by atoms with E-state index in [0.29, 0.717) is 0 Å². The zero-order valence-corrected chi connectivity index (χ0v) is 53.5. The first kappa shape index (κ1) is 52.9. The van der Waals surface area contributed by atoms with E-state index in [4.69, 9.17) is 9.97 Å².